The maximum absolute atomic E-state index is 12.4. The molecule has 0 radical (unpaired) electrons. The number of likely N-dealkylation sites (N-methyl/N-ethyl adjacent to an activating group) is 1. The molecule has 1 saturated heterocycles. The Morgan fingerprint density at radius 3 is 2.56 bits per heavy atom. The number of sulfone groups is 1. The van der Waals surface area contributed by atoms with Crippen LogP contribution in [0.4, 0.5) is 0 Å². The minimum absolute atomic E-state index is 0.0254. The highest BCUT2D eigenvalue weighted by molar-refractivity contribution is 7.91. The van der Waals surface area contributed by atoms with Crippen LogP contribution in [-0.2, 0) is 19.4 Å². The molecule has 0 saturated carbocycles. The summed E-state index contributed by atoms with van der Waals surface area (Å²) >= 11 is 6.02. The van der Waals surface area contributed by atoms with E-state index in [4.69, 9.17) is 16.3 Å². The van der Waals surface area contributed by atoms with E-state index in [1.807, 2.05) is 0 Å². The molecule has 2 rings (SSSR count). The van der Waals surface area contributed by atoms with E-state index in [9.17, 15) is 18.0 Å². The molecule has 1 aromatic rings. The Morgan fingerprint density at radius 1 is 1.40 bits per heavy atom. The molecular weight excluding hydrogens is 368 g/mol. The van der Waals surface area contributed by atoms with Gasteiger partial charge < -0.3 is 9.64 Å². The number of aromatic nitrogens is 1. The van der Waals surface area contributed by atoms with E-state index in [1.165, 1.54) is 18.9 Å². The molecule has 138 valence electrons. The van der Waals surface area contributed by atoms with Crippen LogP contribution in [0.2, 0.25) is 5.15 Å². The van der Waals surface area contributed by atoms with Crippen molar-refractivity contribution >= 4 is 33.3 Å². The lowest BCUT2D eigenvalue weighted by atomic mass is 10.1. The summed E-state index contributed by atoms with van der Waals surface area (Å²) in [4.78, 5) is 30.1. The normalized spacial score (nSPS) is 20.1. The van der Waals surface area contributed by atoms with Crippen LogP contribution in [0.5, 0.6) is 0 Å². The number of esters is 1. The second kappa shape index (κ2) is 7.29. The molecule has 0 spiro atoms. The van der Waals surface area contributed by atoms with E-state index in [1.54, 1.807) is 19.9 Å². The third-order valence-electron chi connectivity index (χ3n) is 4.24. The molecule has 0 unspecified atom stereocenters. The number of amides is 1. The van der Waals surface area contributed by atoms with Crippen molar-refractivity contribution in [2.45, 2.75) is 39.3 Å². The molecule has 0 bridgehead atoms. The number of nitrogens with zero attached hydrogens (tertiary/aromatic N) is 2. The molecule has 2 heterocycles. The number of rotatable bonds is 4. The van der Waals surface area contributed by atoms with Gasteiger partial charge in [0.05, 0.1) is 17.1 Å². The number of pyridine rings is 1. The predicted molar refractivity (Wildman–Crippen MR) is 93.4 cm³/mol. The van der Waals surface area contributed by atoms with Crippen molar-refractivity contribution in [1.29, 1.82) is 0 Å². The van der Waals surface area contributed by atoms with Gasteiger partial charge in [0, 0.05) is 18.8 Å². The maximum atomic E-state index is 12.4. The predicted octanol–water partition coefficient (Wildman–Crippen LogP) is 1.54. The molecular formula is C16H21ClN2O5S. The summed E-state index contributed by atoms with van der Waals surface area (Å²) in [5, 5.41) is 0.0254. The smallest absolute Gasteiger partial charge is 0.342 e. The maximum Gasteiger partial charge on any atom is 0.342 e. The van der Waals surface area contributed by atoms with Crippen LogP contribution in [0, 0.1) is 13.8 Å². The van der Waals surface area contributed by atoms with Crippen molar-refractivity contribution < 1.29 is 22.7 Å². The molecule has 25 heavy (non-hydrogen) atoms. The first-order valence-electron chi connectivity index (χ1n) is 7.83. The van der Waals surface area contributed by atoms with Gasteiger partial charge in [-0.05, 0) is 38.8 Å². The number of carbonyl (C=O) groups excluding carboxylic acids is 2. The molecule has 1 aromatic heterocycles. The first-order chi connectivity index (χ1) is 11.5. The van der Waals surface area contributed by atoms with E-state index in [0.717, 1.165) is 0 Å². The largest absolute Gasteiger partial charge is 0.449 e. The van der Waals surface area contributed by atoms with Gasteiger partial charge in [0.2, 0.25) is 0 Å². The topological polar surface area (TPSA) is 93.6 Å². The fourth-order valence-corrected chi connectivity index (χ4v) is 4.99. The van der Waals surface area contributed by atoms with Gasteiger partial charge in [-0.2, -0.15) is 0 Å². The molecule has 0 aliphatic carbocycles. The first kappa shape index (κ1) is 19.7. The standard InChI is InChI=1S/C16H21ClN2O5S/c1-9-7-10(2)18-14(17)13(9)16(21)24-11(3)15(20)19(4)12-5-6-25(22,23)8-12/h7,11-12H,5-6,8H2,1-4H3/t11-,12-/m0/s1. The van der Waals surface area contributed by atoms with Crippen LogP contribution < -0.4 is 0 Å². The van der Waals surface area contributed by atoms with Crippen LogP contribution in [-0.4, -0.2) is 60.9 Å². The van der Waals surface area contributed by atoms with Gasteiger partial charge in [0.1, 0.15) is 5.15 Å². The van der Waals surface area contributed by atoms with Crippen LogP contribution in [0.15, 0.2) is 6.07 Å². The summed E-state index contributed by atoms with van der Waals surface area (Å²) in [7, 11) is -1.59. The van der Waals surface area contributed by atoms with E-state index in [-0.39, 0.29) is 22.2 Å². The molecule has 9 heteroatoms. The van der Waals surface area contributed by atoms with Gasteiger partial charge in [-0.3, -0.25) is 4.79 Å². The van der Waals surface area contributed by atoms with Gasteiger partial charge in [0.25, 0.3) is 5.91 Å². The number of ether oxygens (including phenoxy) is 1. The van der Waals surface area contributed by atoms with Gasteiger partial charge in [0.15, 0.2) is 15.9 Å². The lowest BCUT2D eigenvalue weighted by molar-refractivity contribution is -0.140. The number of aryl methyl sites for hydroxylation is 2. The van der Waals surface area contributed by atoms with Crippen LogP contribution >= 0.6 is 11.6 Å². The number of hydrogen-bond donors (Lipinski definition) is 0. The Labute approximate surface area is 152 Å². The average molecular weight is 389 g/mol. The summed E-state index contributed by atoms with van der Waals surface area (Å²) in [6, 6.07) is 1.30. The third-order valence-corrected chi connectivity index (χ3v) is 6.26. The molecule has 1 amide bonds. The molecule has 1 aliphatic rings. The lowest BCUT2D eigenvalue weighted by Crippen LogP contribution is -2.44. The molecule has 0 N–H and O–H groups in total. The second-order valence-corrected chi connectivity index (χ2v) is 8.89. The van der Waals surface area contributed by atoms with Crippen molar-refractivity contribution in [3.05, 3.63) is 28.0 Å². The molecule has 2 atom stereocenters. The summed E-state index contributed by atoms with van der Waals surface area (Å²) < 4.78 is 28.3. The zero-order valence-corrected chi connectivity index (χ0v) is 16.1. The molecule has 1 aliphatic heterocycles. The minimum atomic E-state index is -3.11. The monoisotopic (exact) mass is 388 g/mol. The van der Waals surface area contributed by atoms with Gasteiger partial charge in [-0.25, -0.2) is 18.2 Å². The summed E-state index contributed by atoms with van der Waals surface area (Å²) in [6.07, 6.45) is -0.671. The lowest BCUT2D eigenvalue weighted by Gasteiger charge is -2.26. The van der Waals surface area contributed by atoms with Gasteiger partial charge >= 0.3 is 5.97 Å². The van der Waals surface area contributed by atoms with E-state index in [2.05, 4.69) is 4.98 Å². The molecule has 0 aromatic carbocycles. The zero-order valence-electron chi connectivity index (χ0n) is 14.6. The number of carbonyl (C=O) groups is 2. The summed E-state index contributed by atoms with van der Waals surface area (Å²) in [5.41, 5.74) is 1.40. The Bertz CT molecular complexity index is 786. The SMILES string of the molecule is Cc1cc(C)c(C(=O)O[C@@H](C)C(=O)N(C)[C@H]2CCS(=O)(=O)C2)c(Cl)n1. The molecule has 1 fully saturated rings. The Morgan fingerprint density at radius 2 is 2.04 bits per heavy atom. The molecule has 7 nitrogen and oxygen atoms in total. The fraction of sp³-hybridized carbons (Fsp3) is 0.562. The average Bonchev–Trinajstić information content (AvgIpc) is 2.84. The van der Waals surface area contributed by atoms with Crippen LogP contribution in [0.25, 0.3) is 0 Å². The second-order valence-electron chi connectivity index (χ2n) is 6.30. The Hall–Kier alpha value is -1.67. The van der Waals surface area contributed by atoms with Crippen molar-refractivity contribution in [2.24, 2.45) is 0 Å². The third kappa shape index (κ3) is 4.49. The highest BCUT2D eigenvalue weighted by Gasteiger charge is 2.35. The summed E-state index contributed by atoms with van der Waals surface area (Å²) in [5.74, 6) is -1.19. The first-order valence-corrected chi connectivity index (χ1v) is 10.0. The Kier molecular flexibility index (Phi) is 5.73. The quantitative estimate of drug-likeness (QED) is 0.573. The minimum Gasteiger partial charge on any atom is -0.449 e. The summed E-state index contributed by atoms with van der Waals surface area (Å²) in [6.45, 7) is 4.91. The Balaban J connectivity index is 2.07. The van der Waals surface area contributed by atoms with E-state index in [0.29, 0.717) is 17.7 Å². The highest BCUT2D eigenvalue weighted by atomic mass is 35.5. The van der Waals surface area contributed by atoms with Gasteiger partial charge in [-0.15, -0.1) is 0 Å². The number of halogens is 1. The van der Waals surface area contributed by atoms with E-state index < -0.39 is 33.9 Å². The van der Waals surface area contributed by atoms with Crippen LogP contribution in [0.1, 0.15) is 35.0 Å². The number of hydrogen-bond acceptors (Lipinski definition) is 6. The van der Waals surface area contributed by atoms with E-state index >= 15 is 0 Å². The van der Waals surface area contributed by atoms with Crippen molar-refractivity contribution in [1.82, 2.24) is 9.88 Å². The van der Waals surface area contributed by atoms with Crippen molar-refractivity contribution in [2.75, 3.05) is 18.6 Å². The fourth-order valence-electron chi connectivity index (χ4n) is 2.85. The van der Waals surface area contributed by atoms with Crippen molar-refractivity contribution in [3.8, 4) is 0 Å². The highest BCUT2D eigenvalue weighted by Crippen LogP contribution is 2.21. The van der Waals surface area contributed by atoms with Crippen LogP contribution in [0.3, 0.4) is 0 Å². The zero-order chi connectivity index (χ0) is 18.9. The van der Waals surface area contributed by atoms with Gasteiger partial charge in [-0.1, -0.05) is 11.6 Å². The van der Waals surface area contributed by atoms with Crippen molar-refractivity contribution in [3.63, 3.8) is 0 Å².